The lowest BCUT2D eigenvalue weighted by molar-refractivity contribution is 0.229. The van der Waals surface area contributed by atoms with Gasteiger partial charge in [0.05, 0.1) is 0 Å². The Morgan fingerprint density at radius 2 is 1.74 bits per heavy atom. The molecule has 0 radical (unpaired) electrons. The summed E-state index contributed by atoms with van der Waals surface area (Å²) in [6.45, 7) is 10.7. The number of hydrogen-bond acceptors (Lipinski definition) is 2. The van der Waals surface area contributed by atoms with Crippen molar-refractivity contribution in [3.8, 4) is 0 Å². The molecule has 0 saturated carbocycles. The predicted molar refractivity (Wildman–Crippen MR) is 85.7 cm³/mol. The van der Waals surface area contributed by atoms with Crippen molar-refractivity contribution >= 4 is 0 Å². The molecule has 1 atom stereocenters. The molecule has 114 valence electrons. The second-order valence-corrected chi connectivity index (χ2v) is 6.48. The lowest BCUT2D eigenvalue weighted by Gasteiger charge is -2.24. The van der Waals surface area contributed by atoms with Gasteiger partial charge in [-0.25, -0.2) is 0 Å². The van der Waals surface area contributed by atoms with Crippen LogP contribution in [0, 0.1) is 0 Å². The summed E-state index contributed by atoms with van der Waals surface area (Å²) in [6, 6.07) is 1.50. The van der Waals surface area contributed by atoms with Crippen LogP contribution in [0.5, 0.6) is 0 Å². The van der Waals surface area contributed by atoms with Crippen molar-refractivity contribution in [2.24, 2.45) is 0 Å². The fourth-order valence-corrected chi connectivity index (χ4v) is 3.05. The predicted octanol–water partition coefficient (Wildman–Crippen LogP) is 4.20. The summed E-state index contributed by atoms with van der Waals surface area (Å²) in [5.74, 6) is 0. The zero-order valence-electron chi connectivity index (χ0n) is 13.6. The van der Waals surface area contributed by atoms with E-state index in [1.165, 1.54) is 77.4 Å². The maximum absolute atomic E-state index is 3.79. The van der Waals surface area contributed by atoms with Crippen LogP contribution in [-0.4, -0.2) is 36.6 Å². The Morgan fingerprint density at radius 1 is 1.00 bits per heavy atom. The summed E-state index contributed by atoms with van der Waals surface area (Å²) in [5, 5.41) is 3.79. The molecule has 1 aliphatic heterocycles. The quantitative estimate of drug-likeness (QED) is 0.631. The van der Waals surface area contributed by atoms with E-state index >= 15 is 0 Å². The molecular weight excluding hydrogens is 232 g/mol. The molecule has 1 N–H and O–H groups in total. The van der Waals surface area contributed by atoms with Gasteiger partial charge in [-0.2, -0.15) is 0 Å². The van der Waals surface area contributed by atoms with Crippen LogP contribution in [0.3, 0.4) is 0 Å². The third kappa shape index (κ3) is 7.94. The van der Waals surface area contributed by atoms with Crippen LogP contribution >= 0.6 is 0 Å². The molecule has 0 bridgehead atoms. The Kier molecular flexibility index (Phi) is 9.54. The van der Waals surface area contributed by atoms with E-state index in [1.54, 1.807) is 0 Å². The van der Waals surface area contributed by atoms with Crippen LogP contribution in [0.2, 0.25) is 0 Å². The van der Waals surface area contributed by atoms with Gasteiger partial charge >= 0.3 is 0 Å². The van der Waals surface area contributed by atoms with Gasteiger partial charge in [-0.1, -0.05) is 39.0 Å². The first-order valence-electron chi connectivity index (χ1n) is 8.71. The van der Waals surface area contributed by atoms with Crippen LogP contribution in [-0.2, 0) is 0 Å². The summed E-state index contributed by atoms with van der Waals surface area (Å²) < 4.78 is 0. The molecule has 1 heterocycles. The number of nitrogens with zero attached hydrogens (tertiary/aromatic N) is 1. The third-order valence-corrected chi connectivity index (χ3v) is 4.46. The minimum absolute atomic E-state index is 0.720. The van der Waals surface area contributed by atoms with Gasteiger partial charge in [0.1, 0.15) is 0 Å². The van der Waals surface area contributed by atoms with Gasteiger partial charge in [0.15, 0.2) is 0 Å². The smallest absolute Gasteiger partial charge is 0.00797 e. The van der Waals surface area contributed by atoms with E-state index in [0.29, 0.717) is 0 Å². The lowest BCUT2D eigenvalue weighted by Crippen LogP contribution is -2.34. The molecule has 19 heavy (non-hydrogen) atoms. The summed E-state index contributed by atoms with van der Waals surface area (Å²) in [4.78, 5) is 2.63. The molecule has 1 fully saturated rings. The largest absolute Gasteiger partial charge is 0.314 e. The number of likely N-dealkylation sites (tertiary alicyclic amines) is 1. The standard InChI is InChI=1S/C17H36N2/c1-4-5-6-7-8-9-13-18-17-11-10-14-19(15-12-17)16(2)3/h16-18H,4-15H2,1-3H3. The van der Waals surface area contributed by atoms with Gasteiger partial charge in [0.2, 0.25) is 0 Å². The van der Waals surface area contributed by atoms with E-state index in [0.717, 1.165) is 12.1 Å². The van der Waals surface area contributed by atoms with Crippen molar-refractivity contribution in [1.29, 1.82) is 0 Å². The Morgan fingerprint density at radius 3 is 2.47 bits per heavy atom. The summed E-state index contributed by atoms with van der Waals surface area (Å²) in [6.07, 6.45) is 12.5. The van der Waals surface area contributed by atoms with Crippen molar-refractivity contribution < 1.29 is 0 Å². The average Bonchev–Trinajstić information content (AvgIpc) is 2.63. The third-order valence-electron chi connectivity index (χ3n) is 4.46. The molecule has 1 unspecified atom stereocenters. The van der Waals surface area contributed by atoms with E-state index < -0.39 is 0 Å². The summed E-state index contributed by atoms with van der Waals surface area (Å²) >= 11 is 0. The first-order valence-corrected chi connectivity index (χ1v) is 8.71. The van der Waals surface area contributed by atoms with Gasteiger partial charge in [-0.15, -0.1) is 0 Å². The average molecular weight is 268 g/mol. The molecule has 2 heteroatoms. The number of hydrogen-bond donors (Lipinski definition) is 1. The molecule has 1 saturated heterocycles. The van der Waals surface area contributed by atoms with E-state index in [2.05, 4.69) is 31.0 Å². The zero-order valence-corrected chi connectivity index (χ0v) is 13.6. The highest BCUT2D eigenvalue weighted by Gasteiger charge is 2.17. The van der Waals surface area contributed by atoms with Gasteiger partial charge in [-0.05, 0) is 59.2 Å². The van der Waals surface area contributed by atoms with Crippen LogP contribution < -0.4 is 5.32 Å². The topological polar surface area (TPSA) is 15.3 Å². The minimum atomic E-state index is 0.720. The van der Waals surface area contributed by atoms with Gasteiger partial charge in [0.25, 0.3) is 0 Å². The number of unbranched alkanes of at least 4 members (excludes halogenated alkanes) is 5. The highest BCUT2D eigenvalue weighted by atomic mass is 15.1. The van der Waals surface area contributed by atoms with E-state index in [9.17, 15) is 0 Å². The van der Waals surface area contributed by atoms with Crippen molar-refractivity contribution in [1.82, 2.24) is 10.2 Å². The van der Waals surface area contributed by atoms with Crippen LogP contribution in [0.15, 0.2) is 0 Å². The van der Waals surface area contributed by atoms with Crippen LogP contribution in [0.1, 0.15) is 78.6 Å². The van der Waals surface area contributed by atoms with Crippen molar-refractivity contribution in [3.05, 3.63) is 0 Å². The number of nitrogens with one attached hydrogen (secondary N) is 1. The van der Waals surface area contributed by atoms with Gasteiger partial charge in [-0.3, -0.25) is 0 Å². The maximum atomic E-state index is 3.79. The summed E-state index contributed by atoms with van der Waals surface area (Å²) in [7, 11) is 0. The molecule has 0 aromatic carbocycles. The Bertz CT molecular complexity index is 203. The van der Waals surface area contributed by atoms with Gasteiger partial charge < -0.3 is 10.2 Å². The highest BCUT2D eigenvalue weighted by molar-refractivity contribution is 4.76. The normalized spacial score (nSPS) is 21.8. The fourth-order valence-electron chi connectivity index (χ4n) is 3.05. The zero-order chi connectivity index (χ0) is 13.9. The van der Waals surface area contributed by atoms with E-state index in [1.807, 2.05) is 0 Å². The van der Waals surface area contributed by atoms with Crippen LogP contribution in [0.4, 0.5) is 0 Å². The van der Waals surface area contributed by atoms with Crippen LogP contribution in [0.25, 0.3) is 0 Å². The molecule has 0 aromatic rings. The Hall–Kier alpha value is -0.0800. The Labute approximate surface area is 121 Å². The molecule has 1 rings (SSSR count). The minimum Gasteiger partial charge on any atom is -0.314 e. The first-order chi connectivity index (χ1) is 9.24. The highest BCUT2D eigenvalue weighted by Crippen LogP contribution is 2.13. The SMILES string of the molecule is CCCCCCCCNC1CCCN(C(C)C)CC1. The van der Waals surface area contributed by atoms with E-state index in [-0.39, 0.29) is 0 Å². The fraction of sp³-hybridized carbons (Fsp3) is 1.00. The van der Waals surface area contributed by atoms with Crippen molar-refractivity contribution in [2.75, 3.05) is 19.6 Å². The second-order valence-electron chi connectivity index (χ2n) is 6.48. The molecule has 0 amide bonds. The van der Waals surface area contributed by atoms with E-state index in [4.69, 9.17) is 0 Å². The summed E-state index contributed by atoms with van der Waals surface area (Å²) in [5.41, 5.74) is 0. The Balaban J connectivity index is 2.00. The molecule has 0 aliphatic carbocycles. The molecule has 2 nitrogen and oxygen atoms in total. The second kappa shape index (κ2) is 10.7. The number of rotatable bonds is 9. The molecular formula is C17H36N2. The van der Waals surface area contributed by atoms with Gasteiger partial charge in [0, 0.05) is 12.1 Å². The first kappa shape index (κ1) is 17.0. The maximum Gasteiger partial charge on any atom is 0.00797 e. The monoisotopic (exact) mass is 268 g/mol. The lowest BCUT2D eigenvalue weighted by atomic mass is 10.1. The van der Waals surface area contributed by atoms with Crippen molar-refractivity contribution in [2.45, 2.75) is 90.6 Å². The van der Waals surface area contributed by atoms with Crippen molar-refractivity contribution in [3.63, 3.8) is 0 Å². The molecule has 1 aliphatic rings. The molecule has 0 aromatic heterocycles. The molecule has 0 spiro atoms.